The van der Waals surface area contributed by atoms with Gasteiger partial charge in [0.25, 0.3) is 5.82 Å². The molecule has 0 amide bonds. The van der Waals surface area contributed by atoms with Crippen molar-refractivity contribution >= 4 is 5.82 Å². The number of aromatic amines is 1. The average Bonchev–Trinajstić information content (AvgIpc) is 2.51. The fourth-order valence-corrected chi connectivity index (χ4v) is 3.45. The molecule has 0 saturated carbocycles. The maximum absolute atomic E-state index is 9.68. The van der Waals surface area contributed by atoms with E-state index in [0.717, 1.165) is 50.2 Å². The van der Waals surface area contributed by atoms with Crippen LogP contribution in [0.5, 0.6) is 0 Å². The van der Waals surface area contributed by atoms with Crippen LogP contribution in [0.4, 0.5) is 5.82 Å². The van der Waals surface area contributed by atoms with Crippen LogP contribution in [-0.2, 0) is 19.3 Å². The molecule has 1 aliphatic carbocycles. The van der Waals surface area contributed by atoms with Crippen LogP contribution in [0.2, 0.25) is 0 Å². The van der Waals surface area contributed by atoms with E-state index in [1.165, 1.54) is 34.6 Å². The summed E-state index contributed by atoms with van der Waals surface area (Å²) < 4.78 is 0. The number of anilines is 1. The molecule has 23 heavy (non-hydrogen) atoms. The van der Waals surface area contributed by atoms with Crippen molar-refractivity contribution in [1.29, 1.82) is 5.26 Å². The van der Waals surface area contributed by atoms with Gasteiger partial charge in [-0.1, -0.05) is 13.8 Å². The lowest BCUT2D eigenvalue weighted by Gasteiger charge is -2.20. The van der Waals surface area contributed by atoms with Gasteiger partial charge in [-0.05, 0) is 42.7 Å². The van der Waals surface area contributed by atoms with Gasteiger partial charge in [-0.25, -0.2) is 4.98 Å². The molecule has 0 saturated heterocycles. The smallest absolute Gasteiger partial charge is 0.290 e. The number of H-pyrrole nitrogens is 1. The molecule has 0 fully saturated rings. The van der Waals surface area contributed by atoms with Gasteiger partial charge in [-0.2, -0.15) is 5.26 Å². The minimum Gasteiger partial charge on any atom is -0.340 e. The van der Waals surface area contributed by atoms with Gasteiger partial charge >= 0.3 is 0 Å². The van der Waals surface area contributed by atoms with Gasteiger partial charge in [0.2, 0.25) is 0 Å². The molecule has 0 spiro atoms. The third-order valence-electron chi connectivity index (χ3n) is 4.54. The number of aromatic nitrogens is 1. The lowest BCUT2D eigenvalue weighted by Crippen LogP contribution is -3.05. The summed E-state index contributed by atoms with van der Waals surface area (Å²) >= 11 is 0. The summed E-state index contributed by atoms with van der Waals surface area (Å²) in [5.41, 5.74) is 4.91. The fraction of sp³-hybridized carbons (Fsp3) is 0.684. The Balaban J connectivity index is 2.27. The van der Waals surface area contributed by atoms with Crippen LogP contribution >= 0.6 is 0 Å². The predicted octanol–water partition coefficient (Wildman–Crippen LogP) is 1.40. The van der Waals surface area contributed by atoms with Gasteiger partial charge < -0.3 is 4.90 Å². The predicted molar refractivity (Wildman–Crippen MR) is 93.7 cm³/mol. The van der Waals surface area contributed by atoms with Gasteiger partial charge in [-0.15, -0.1) is 0 Å². The number of pyridine rings is 1. The highest BCUT2D eigenvalue weighted by Gasteiger charge is 2.25. The van der Waals surface area contributed by atoms with Crippen LogP contribution < -0.4 is 15.2 Å². The van der Waals surface area contributed by atoms with Gasteiger partial charge in [-0.3, -0.25) is 5.32 Å². The summed E-state index contributed by atoms with van der Waals surface area (Å²) in [5, 5.41) is 13.2. The molecule has 0 radical (unpaired) electrons. The molecule has 1 heterocycles. The highest BCUT2D eigenvalue weighted by atomic mass is 15.1. The van der Waals surface area contributed by atoms with Crippen LogP contribution in [-0.4, -0.2) is 27.2 Å². The SMILES string of the molecule is CC(C)Cc1[nH+]c(NCCC[NH+](C)C)c(C#N)c2c1CCCC2. The zero-order chi connectivity index (χ0) is 16.8. The molecular weight excluding hydrogens is 284 g/mol. The molecule has 0 bridgehead atoms. The number of nitrogens with one attached hydrogen (secondary N) is 3. The van der Waals surface area contributed by atoms with Crippen molar-refractivity contribution in [2.75, 3.05) is 32.5 Å². The summed E-state index contributed by atoms with van der Waals surface area (Å²) in [6.07, 6.45) is 6.79. The first kappa shape index (κ1) is 17.7. The first-order chi connectivity index (χ1) is 11.0. The van der Waals surface area contributed by atoms with E-state index in [4.69, 9.17) is 0 Å². The molecule has 0 aromatic carbocycles. The van der Waals surface area contributed by atoms with E-state index in [2.05, 4.69) is 44.3 Å². The average molecular weight is 316 g/mol. The Morgan fingerprint density at radius 1 is 1.22 bits per heavy atom. The molecule has 2 rings (SSSR count). The van der Waals surface area contributed by atoms with E-state index >= 15 is 0 Å². The summed E-state index contributed by atoms with van der Waals surface area (Å²) in [6.45, 7) is 6.57. The Morgan fingerprint density at radius 2 is 1.91 bits per heavy atom. The highest BCUT2D eigenvalue weighted by molar-refractivity contribution is 5.56. The van der Waals surface area contributed by atoms with Crippen LogP contribution in [0.3, 0.4) is 0 Å². The molecule has 3 N–H and O–H groups in total. The number of fused-ring (bicyclic) bond motifs is 1. The van der Waals surface area contributed by atoms with Crippen molar-refractivity contribution in [2.45, 2.75) is 52.4 Å². The van der Waals surface area contributed by atoms with E-state index in [0.29, 0.717) is 5.92 Å². The molecule has 1 aromatic rings. The minimum absolute atomic E-state index is 0.621. The molecule has 1 aromatic heterocycles. The van der Waals surface area contributed by atoms with E-state index in [1.54, 1.807) is 0 Å². The van der Waals surface area contributed by atoms with Crippen LogP contribution in [0.1, 0.15) is 55.5 Å². The minimum atomic E-state index is 0.621. The molecule has 0 unspecified atom stereocenters. The number of hydrogen-bond donors (Lipinski definition) is 2. The lowest BCUT2D eigenvalue weighted by molar-refractivity contribution is -0.858. The van der Waals surface area contributed by atoms with Crippen molar-refractivity contribution < 1.29 is 9.88 Å². The first-order valence-electron chi connectivity index (χ1n) is 9.05. The molecule has 0 atom stereocenters. The van der Waals surface area contributed by atoms with E-state index in [9.17, 15) is 5.26 Å². The van der Waals surface area contributed by atoms with Crippen LogP contribution in [0.15, 0.2) is 0 Å². The topological polar surface area (TPSA) is 54.4 Å². The fourth-order valence-electron chi connectivity index (χ4n) is 3.45. The Hall–Kier alpha value is -1.60. The number of hydrogen-bond acceptors (Lipinski definition) is 2. The number of quaternary nitrogens is 1. The summed E-state index contributed by atoms with van der Waals surface area (Å²) in [5.74, 6) is 1.56. The van der Waals surface area contributed by atoms with Crippen molar-refractivity contribution in [1.82, 2.24) is 0 Å². The third-order valence-corrected chi connectivity index (χ3v) is 4.54. The first-order valence-corrected chi connectivity index (χ1v) is 9.05. The quantitative estimate of drug-likeness (QED) is 0.747. The van der Waals surface area contributed by atoms with Crippen molar-refractivity contribution in [3.63, 3.8) is 0 Å². The largest absolute Gasteiger partial charge is 0.340 e. The Kier molecular flexibility index (Phi) is 6.41. The van der Waals surface area contributed by atoms with Gasteiger partial charge in [0.05, 0.1) is 27.2 Å². The second-order valence-electron chi connectivity index (χ2n) is 7.46. The van der Waals surface area contributed by atoms with Crippen molar-refractivity contribution in [3.05, 3.63) is 22.4 Å². The monoisotopic (exact) mass is 316 g/mol. The van der Waals surface area contributed by atoms with E-state index in [1.807, 2.05) is 0 Å². The number of nitrogens with zero attached hydrogens (tertiary/aromatic N) is 1. The maximum Gasteiger partial charge on any atom is 0.290 e. The lowest BCUT2D eigenvalue weighted by atomic mass is 9.86. The molecule has 4 heteroatoms. The Bertz CT molecular complexity index is 570. The van der Waals surface area contributed by atoms with E-state index < -0.39 is 0 Å². The van der Waals surface area contributed by atoms with Crippen LogP contribution in [0.25, 0.3) is 0 Å². The van der Waals surface area contributed by atoms with Crippen molar-refractivity contribution in [3.8, 4) is 6.07 Å². The molecule has 4 nitrogen and oxygen atoms in total. The number of rotatable bonds is 7. The Morgan fingerprint density at radius 3 is 2.52 bits per heavy atom. The van der Waals surface area contributed by atoms with Crippen molar-refractivity contribution in [2.24, 2.45) is 5.92 Å². The standard InChI is InChI=1S/C19H30N4/c1-14(2)12-18-16-9-6-5-8-15(16)17(13-20)19(22-18)21-10-7-11-23(3)4/h14H,5-12H2,1-4H3,(H,21,22)/p+2. The molecule has 1 aliphatic rings. The number of nitriles is 1. The normalized spacial score (nSPS) is 14.0. The third kappa shape index (κ3) is 4.68. The molecule has 0 aliphatic heterocycles. The second-order valence-corrected chi connectivity index (χ2v) is 7.46. The summed E-state index contributed by atoms with van der Waals surface area (Å²) in [4.78, 5) is 5.03. The zero-order valence-electron chi connectivity index (χ0n) is 15.2. The van der Waals surface area contributed by atoms with Crippen LogP contribution in [0, 0.1) is 17.2 Å². The highest BCUT2D eigenvalue weighted by Crippen LogP contribution is 2.29. The second kappa shape index (κ2) is 8.31. The van der Waals surface area contributed by atoms with Gasteiger partial charge in [0.15, 0.2) is 0 Å². The van der Waals surface area contributed by atoms with Gasteiger partial charge in [0.1, 0.15) is 17.3 Å². The Labute approximate surface area is 140 Å². The van der Waals surface area contributed by atoms with E-state index in [-0.39, 0.29) is 0 Å². The maximum atomic E-state index is 9.68. The van der Waals surface area contributed by atoms with Gasteiger partial charge in [0, 0.05) is 12.8 Å². The molecule has 126 valence electrons. The summed E-state index contributed by atoms with van der Waals surface area (Å²) in [7, 11) is 4.35. The zero-order valence-corrected chi connectivity index (χ0v) is 15.2. The summed E-state index contributed by atoms with van der Waals surface area (Å²) in [6, 6.07) is 2.45. The molecular formula is C19H32N4+2.